The zero-order valence-electron chi connectivity index (χ0n) is 21.9. The first-order chi connectivity index (χ1) is 18.9. The molecule has 2 amide bonds. The molecule has 0 saturated heterocycles. The highest BCUT2D eigenvalue weighted by Gasteiger charge is 2.45. The number of rotatable bonds is 6. The number of carbonyl (C=O) groups excluding carboxylic acids is 2. The van der Waals surface area contributed by atoms with Crippen molar-refractivity contribution in [3.63, 3.8) is 0 Å². The molecule has 0 spiro atoms. The summed E-state index contributed by atoms with van der Waals surface area (Å²) >= 11 is 0. The van der Waals surface area contributed by atoms with Crippen molar-refractivity contribution in [1.29, 1.82) is 0 Å². The van der Waals surface area contributed by atoms with Crippen molar-refractivity contribution in [2.45, 2.75) is 57.3 Å². The molecule has 0 N–H and O–H groups in total. The molecule has 6 nitrogen and oxygen atoms in total. The van der Waals surface area contributed by atoms with Gasteiger partial charge < -0.3 is 14.4 Å². The fourth-order valence-corrected chi connectivity index (χ4v) is 4.83. The normalized spacial score (nSPS) is 17.3. The van der Waals surface area contributed by atoms with Gasteiger partial charge >= 0.3 is 30.7 Å². The average Bonchev–Trinajstić information content (AvgIpc) is 3.18. The van der Waals surface area contributed by atoms with Crippen LogP contribution in [0.3, 0.4) is 0 Å². The van der Waals surface area contributed by atoms with E-state index in [1.54, 1.807) is 6.92 Å². The lowest BCUT2D eigenvalue weighted by Crippen LogP contribution is -2.43. The molecule has 1 heterocycles. The van der Waals surface area contributed by atoms with E-state index in [1.165, 1.54) is 6.92 Å². The fourth-order valence-electron chi connectivity index (χ4n) is 4.83. The molecule has 226 valence electrons. The molecule has 0 aromatic heterocycles. The second-order valence-electron chi connectivity index (χ2n) is 9.19. The van der Waals surface area contributed by atoms with E-state index in [4.69, 9.17) is 9.47 Å². The first-order valence-electron chi connectivity index (χ1n) is 12.2. The van der Waals surface area contributed by atoms with Gasteiger partial charge in [-0.2, -0.15) is 39.5 Å². The van der Waals surface area contributed by atoms with Gasteiger partial charge in [0.1, 0.15) is 0 Å². The monoisotopic (exact) mass is 600 g/mol. The Kier molecular flexibility index (Phi) is 9.08. The molecule has 2 aromatic carbocycles. The Labute approximate surface area is 228 Å². The van der Waals surface area contributed by atoms with E-state index in [0.29, 0.717) is 12.1 Å². The number of hydrogen-bond donors (Lipinski definition) is 0. The Morgan fingerprint density at radius 2 is 1.41 bits per heavy atom. The lowest BCUT2D eigenvalue weighted by molar-refractivity contribution is -0.143. The van der Waals surface area contributed by atoms with Crippen molar-refractivity contribution in [2.75, 3.05) is 25.2 Å². The minimum absolute atomic E-state index is 0.00588. The molecule has 0 radical (unpaired) electrons. The highest BCUT2D eigenvalue weighted by atomic mass is 19.4. The first kappa shape index (κ1) is 31.9. The van der Waals surface area contributed by atoms with Crippen molar-refractivity contribution < 1.29 is 58.6 Å². The number of methoxy groups -OCH3 is 1. The maximum absolute atomic E-state index is 13.6. The zero-order valence-corrected chi connectivity index (χ0v) is 21.9. The highest BCUT2D eigenvalue weighted by molar-refractivity contribution is 5.92. The zero-order chi connectivity index (χ0) is 30.9. The average molecular weight is 600 g/mol. The van der Waals surface area contributed by atoms with Crippen LogP contribution in [0.2, 0.25) is 0 Å². The number of hydrogen-bond acceptors (Lipinski definition) is 4. The van der Waals surface area contributed by atoms with Gasteiger partial charge in [-0.15, -0.1) is 0 Å². The number of amides is 2. The summed E-state index contributed by atoms with van der Waals surface area (Å²) in [6, 6.07) is 2.58. The summed E-state index contributed by atoms with van der Waals surface area (Å²) in [5.74, 6) is -1.03. The Morgan fingerprint density at radius 3 is 1.88 bits per heavy atom. The molecule has 0 aliphatic carbocycles. The van der Waals surface area contributed by atoms with Crippen LogP contribution >= 0.6 is 0 Å². The van der Waals surface area contributed by atoms with Gasteiger partial charge in [0.2, 0.25) is 0 Å². The minimum Gasteiger partial charge on any atom is -0.453 e. The lowest BCUT2D eigenvalue weighted by Gasteiger charge is -2.31. The van der Waals surface area contributed by atoms with Gasteiger partial charge in [0.05, 0.1) is 36.1 Å². The molecule has 3 rings (SSSR count). The van der Waals surface area contributed by atoms with Gasteiger partial charge in [-0.05, 0) is 60.9 Å². The van der Waals surface area contributed by atoms with Gasteiger partial charge in [0, 0.05) is 25.0 Å². The number of benzene rings is 2. The van der Waals surface area contributed by atoms with Gasteiger partial charge in [0.15, 0.2) is 0 Å². The van der Waals surface area contributed by atoms with Crippen molar-refractivity contribution in [2.24, 2.45) is 0 Å². The largest absolute Gasteiger partial charge is 0.453 e. The molecule has 1 aliphatic rings. The Balaban J connectivity index is 2.11. The van der Waals surface area contributed by atoms with Crippen molar-refractivity contribution in [1.82, 2.24) is 4.90 Å². The van der Waals surface area contributed by atoms with E-state index in [0.717, 1.165) is 35.1 Å². The minimum atomic E-state index is -5.14. The second-order valence-corrected chi connectivity index (χ2v) is 9.19. The Bertz CT molecular complexity index is 1240. The molecule has 41 heavy (non-hydrogen) atoms. The van der Waals surface area contributed by atoms with Gasteiger partial charge in [-0.3, -0.25) is 4.90 Å². The molecule has 1 aliphatic heterocycles. The van der Waals surface area contributed by atoms with Gasteiger partial charge in [0.25, 0.3) is 0 Å². The first-order valence-corrected chi connectivity index (χ1v) is 12.2. The van der Waals surface area contributed by atoms with E-state index in [2.05, 4.69) is 0 Å². The SMILES string of the molecule is CCOC(=O)N1c2ccc(C(F)(F)F)cc2[C@@H](CN(Cc2cc(C(F)(F)F)cc(C(F)(F)F)c2)C(=O)OC)[C@H]1CC. The fraction of sp³-hybridized carbons (Fsp3) is 0.462. The molecular weight excluding hydrogens is 575 g/mol. The summed E-state index contributed by atoms with van der Waals surface area (Å²) in [4.78, 5) is 27.4. The van der Waals surface area contributed by atoms with Crippen LogP contribution < -0.4 is 4.90 Å². The van der Waals surface area contributed by atoms with Crippen molar-refractivity contribution >= 4 is 17.9 Å². The van der Waals surface area contributed by atoms with Crippen molar-refractivity contribution in [3.05, 3.63) is 64.2 Å². The maximum Gasteiger partial charge on any atom is 0.416 e. The summed E-state index contributed by atoms with van der Waals surface area (Å²) in [5, 5.41) is 0. The standard InChI is InChI=1S/C26H25F9N2O4/c1-4-20-19(18-11-15(24(27,28)29)6-7-21(18)37(20)23(39)41-5-2)13-36(22(38)40-3)12-14-8-16(25(30,31)32)10-17(9-14)26(33,34)35/h6-11,19-20H,4-5,12-13H2,1-3H3/t19-,20-/m1/s1. The number of halogens is 9. The topological polar surface area (TPSA) is 59.1 Å². The molecule has 0 unspecified atom stereocenters. The second kappa shape index (κ2) is 11.7. The van der Waals surface area contributed by atoms with Crippen LogP contribution in [-0.2, 0) is 34.5 Å². The third-order valence-electron chi connectivity index (χ3n) is 6.56. The van der Waals surface area contributed by atoms with Crippen LogP contribution in [0.15, 0.2) is 36.4 Å². The highest BCUT2D eigenvalue weighted by Crippen LogP contribution is 2.46. The van der Waals surface area contributed by atoms with E-state index < -0.39 is 78.0 Å². The van der Waals surface area contributed by atoms with E-state index >= 15 is 0 Å². The third-order valence-corrected chi connectivity index (χ3v) is 6.56. The number of fused-ring (bicyclic) bond motifs is 1. The van der Waals surface area contributed by atoms with Crippen LogP contribution in [0.5, 0.6) is 0 Å². The van der Waals surface area contributed by atoms with Crippen LogP contribution in [0.1, 0.15) is 54.0 Å². The summed E-state index contributed by atoms with van der Waals surface area (Å²) in [6.45, 7) is 1.76. The van der Waals surface area contributed by atoms with Gasteiger partial charge in [-0.25, -0.2) is 9.59 Å². The van der Waals surface area contributed by atoms with E-state index in [1.807, 2.05) is 0 Å². The smallest absolute Gasteiger partial charge is 0.416 e. The van der Waals surface area contributed by atoms with Crippen molar-refractivity contribution in [3.8, 4) is 0 Å². The predicted octanol–water partition coefficient (Wildman–Crippen LogP) is 7.85. The number of alkyl halides is 9. The van der Waals surface area contributed by atoms with Crippen LogP contribution in [-0.4, -0.2) is 43.4 Å². The molecule has 2 aromatic rings. The quantitative estimate of drug-likeness (QED) is 0.317. The number of nitrogens with zero attached hydrogens (tertiary/aromatic N) is 2. The maximum atomic E-state index is 13.6. The van der Waals surface area contributed by atoms with E-state index in [-0.39, 0.29) is 30.3 Å². The molecule has 0 fully saturated rings. The van der Waals surface area contributed by atoms with Crippen LogP contribution in [0.4, 0.5) is 54.8 Å². The molecular formula is C26H25F9N2O4. The van der Waals surface area contributed by atoms with Crippen LogP contribution in [0.25, 0.3) is 0 Å². The summed E-state index contributed by atoms with van der Waals surface area (Å²) < 4.78 is 131. The molecule has 0 bridgehead atoms. The molecule has 15 heteroatoms. The third kappa shape index (κ3) is 6.99. The molecule has 0 saturated carbocycles. The summed E-state index contributed by atoms with van der Waals surface area (Å²) in [5.41, 5.74) is -4.75. The lowest BCUT2D eigenvalue weighted by atomic mass is 9.91. The van der Waals surface area contributed by atoms with Crippen LogP contribution in [0, 0.1) is 0 Å². The van der Waals surface area contributed by atoms with Gasteiger partial charge in [-0.1, -0.05) is 6.92 Å². The predicted molar refractivity (Wildman–Crippen MR) is 127 cm³/mol. The number of ether oxygens (including phenoxy) is 2. The van der Waals surface area contributed by atoms with E-state index in [9.17, 15) is 49.1 Å². The number of carbonyl (C=O) groups is 2. The molecule has 2 atom stereocenters. The Morgan fingerprint density at radius 1 is 0.854 bits per heavy atom. The number of anilines is 1. The summed E-state index contributed by atoms with van der Waals surface area (Å²) in [7, 11) is 0.926. The summed E-state index contributed by atoms with van der Waals surface area (Å²) in [6.07, 6.45) is -16.9. The Hall–Kier alpha value is -3.65.